The molecule has 0 bridgehead atoms. The van der Waals surface area contributed by atoms with Gasteiger partial charge in [-0.15, -0.1) is 19.0 Å². The summed E-state index contributed by atoms with van der Waals surface area (Å²) in [5.74, 6) is 2.03. The molecule has 9 nitrogen and oxygen atoms in total. The van der Waals surface area contributed by atoms with E-state index in [1.54, 1.807) is 20.2 Å². The summed E-state index contributed by atoms with van der Waals surface area (Å²) >= 11 is 0. The first-order valence-electron chi connectivity index (χ1n) is 6.88. The third kappa shape index (κ3) is 4.30. The van der Waals surface area contributed by atoms with Crippen molar-refractivity contribution in [1.82, 2.24) is 19.9 Å². The van der Waals surface area contributed by atoms with Crippen molar-refractivity contribution in [1.29, 1.82) is 0 Å². The van der Waals surface area contributed by atoms with Gasteiger partial charge in [-0.2, -0.15) is 9.97 Å². The van der Waals surface area contributed by atoms with E-state index < -0.39 is 0 Å². The first-order valence-corrected chi connectivity index (χ1v) is 6.88. The molecule has 2 rings (SSSR count). The van der Waals surface area contributed by atoms with Crippen molar-refractivity contribution in [2.45, 2.75) is 0 Å². The molecule has 0 spiro atoms. The van der Waals surface area contributed by atoms with Crippen molar-refractivity contribution < 1.29 is 5.11 Å². The number of aromatic nitrogens is 4. The fourth-order valence-corrected chi connectivity index (χ4v) is 1.85. The summed E-state index contributed by atoms with van der Waals surface area (Å²) in [6.07, 6.45) is 1.73. The molecule has 0 fully saturated rings. The summed E-state index contributed by atoms with van der Waals surface area (Å²) in [4.78, 5) is 17.6. The molecule has 23 heavy (non-hydrogen) atoms. The summed E-state index contributed by atoms with van der Waals surface area (Å²) in [6, 6.07) is 0. The minimum Gasteiger partial charge on any atom is -0.395 e. The topological polar surface area (TPSA) is 120 Å². The molecule has 0 aromatic carbocycles. The maximum Gasteiger partial charge on any atom is 0.225 e. The maximum absolute atomic E-state index is 8.90. The average molecular weight is 341 g/mol. The summed E-state index contributed by atoms with van der Waals surface area (Å²) in [5, 5.41) is 20.9. The molecule has 0 radical (unpaired) electrons. The Morgan fingerprint density at radius 2 is 1.48 bits per heavy atom. The predicted molar refractivity (Wildman–Crippen MR) is 95.7 cm³/mol. The number of aliphatic hydroxyl groups excluding tert-OH is 1. The first kappa shape index (κ1) is 18.7. The number of hydrogen-bond acceptors (Lipinski definition) is 9. The molecule has 5 N–H and O–H groups in total. The highest BCUT2D eigenvalue weighted by atomic mass is 35.5. The third-order valence-electron chi connectivity index (χ3n) is 2.82. The van der Waals surface area contributed by atoms with Crippen LogP contribution in [0.5, 0.6) is 0 Å². The van der Waals surface area contributed by atoms with E-state index in [2.05, 4.69) is 47.8 Å². The van der Waals surface area contributed by atoms with Gasteiger partial charge < -0.3 is 26.4 Å². The second-order valence-electron chi connectivity index (χ2n) is 4.31. The van der Waals surface area contributed by atoms with Gasteiger partial charge in [-0.1, -0.05) is 6.08 Å². The van der Waals surface area contributed by atoms with E-state index >= 15 is 0 Å². The van der Waals surface area contributed by atoms with Gasteiger partial charge in [-0.25, -0.2) is 9.97 Å². The average Bonchev–Trinajstić information content (AvgIpc) is 2.56. The van der Waals surface area contributed by atoms with Gasteiger partial charge >= 0.3 is 0 Å². The van der Waals surface area contributed by atoms with Gasteiger partial charge in [0.1, 0.15) is 11.0 Å². The molecular weight excluding hydrogens is 320 g/mol. The Balaban J connectivity index is 0.00000264. The van der Waals surface area contributed by atoms with E-state index in [0.29, 0.717) is 47.7 Å². The molecule has 0 aliphatic carbocycles. The van der Waals surface area contributed by atoms with Gasteiger partial charge in [0.05, 0.1) is 6.61 Å². The smallest absolute Gasteiger partial charge is 0.225 e. The van der Waals surface area contributed by atoms with Crippen LogP contribution in [0.4, 0.5) is 23.5 Å². The lowest BCUT2D eigenvalue weighted by atomic mass is 10.3. The van der Waals surface area contributed by atoms with Gasteiger partial charge in [0.25, 0.3) is 0 Å². The fourth-order valence-electron chi connectivity index (χ4n) is 1.85. The minimum absolute atomic E-state index is 0. The highest BCUT2D eigenvalue weighted by molar-refractivity contribution is 5.94. The molecule has 0 saturated carbocycles. The fraction of sp³-hybridized carbons (Fsp3) is 0.385. The Labute approximate surface area is 140 Å². The Bertz CT molecular complexity index is 666. The number of fused-ring (bicyclic) bond motifs is 1. The van der Waals surface area contributed by atoms with Crippen LogP contribution in [0.1, 0.15) is 0 Å². The number of halogens is 1. The van der Waals surface area contributed by atoms with Crippen molar-refractivity contribution in [2.24, 2.45) is 0 Å². The zero-order chi connectivity index (χ0) is 15.9. The molecule has 10 heteroatoms. The number of aliphatic hydroxyl groups is 1. The van der Waals surface area contributed by atoms with E-state index in [1.807, 2.05) is 0 Å². The quantitative estimate of drug-likeness (QED) is 0.447. The van der Waals surface area contributed by atoms with E-state index in [-0.39, 0.29) is 19.0 Å². The van der Waals surface area contributed by atoms with Crippen LogP contribution in [-0.4, -0.2) is 58.8 Å². The van der Waals surface area contributed by atoms with Crippen molar-refractivity contribution in [2.75, 3.05) is 55.1 Å². The monoisotopic (exact) mass is 340 g/mol. The standard InChI is InChI=1S/C13H20N8O.ClH/c1-4-5-16-12-18-8-9(10(14-2)20-12)19-13(17-6-7-22)21-11(8)15-3;/h4,22H,1,5-7H2,2-3H3,(H2,14,16,18,20)(H2,15,17,19,21);1H. The number of anilines is 4. The lowest BCUT2D eigenvalue weighted by Gasteiger charge is -2.12. The Kier molecular flexibility index (Phi) is 7.23. The molecule has 0 saturated heterocycles. The van der Waals surface area contributed by atoms with Crippen molar-refractivity contribution in [3.05, 3.63) is 12.7 Å². The zero-order valence-electron chi connectivity index (χ0n) is 13.1. The first-order chi connectivity index (χ1) is 10.7. The molecule has 2 aromatic rings. The van der Waals surface area contributed by atoms with Crippen LogP contribution in [0.3, 0.4) is 0 Å². The summed E-state index contributed by atoms with van der Waals surface area (Å²) in [7, 11) is 3.52. The van der Waals surface area contributed by atoms with Gasteiger partial charge in [0.2, 0.25) is 11.9 Å². The number of nitrogens with one attached hydrogen (secondary N) is 4. The Morgan fingerprint density at radius 1 is 0.957 bits per heavy atom. The normalized spacial score (nSPS) is 9.87. The van der Waals surface area contributed by atoms with Crippen molar-refractivity contribution in [3.63, 3.8) is 0 Å². The lowest BCUT2D eigenvalue weighted by molar-refractivity contribution is 0.311. The summed E-state index contributed by atoms with van der Waals surface area (Å²) < 4.78 is 0. The van der Waals surface area contributed by atoms with E-state index in [1.165, 1.54) is 0 Å². The molecule has 2 heterocycles. The number of rotatable bonds is 8. The molecule has 0 atom stereocenters. The Hall–Kier alpha value is -2.39. The van der Waals surface area contributed by atoms with Crippen LogP contribution in [-0.2, 0) is 0 Å². The second kappa shape index (κ2) is 8.91. The SMILES string of the molecule is C=CCNc1nc(NC)c2nc(NCCO)nc(NC)c2n1.Cl. The zero-order valence-corrected chi connectivity index (χ0v) is 13.9. The van der Waals surface area contributed by atoms with Crippen LogP contribution in [0, 0.1) is 0 Å². The maximum atomic E-state index is 8.90. The highest BCUT2D eigenvalue weighted by Gasteiger charge is 2.14. The van der Waals surface area contributed by atoms with Crippen molar-refractivity contribution >= 4 is 47.0 Å². The molecule has 126 valence electrons. The summed E-state index contributed by atoms with van der Waals surface area (Å²) in [6.45, 7) is 4.57. The minimum atomic E-state index is -0.00389. The van der Waals surface area contributed by atoms with Crippen LogP contribution in [0.15, 0.2) is 12.7 Å². The number of hydrogen-bond donors (Lipinski definition) is 5. The van der Waals surface area contributed by atoms with Gasteiger partial charge in [-0.3, -0.25) is 0 Å². The molecule has 0 aliphatic heterocycles. The third-order valence-corrected chi connectivity index (χ3v) is 2.82. The molecule has 0 aliphatic rings. The van der Waals surface area contributed by atoms with Crippen LogP contribution >= 0.6 is 12.4 Å². The Morgan fingerprint density at radius 3 is 1.91 bits per heavy atom. The molecular formula is C13H21ClN8O. The molecule has 2 aromatic heterocycles. The predicted octanol–water partition coefficient (Wildman–Crippen LogP) is 0.927. The summed E-state index contributed by atoms with van der Waals surface area (Å²) in [5.41, 5.74) is 1.19. The van der Waals surface area contributed by atoms with Crippen LogP contribution in [0.2, 0.25) is 0 Å². The van der Waals surface area contributed by atoms with Gasteiger partial charge in [0, 0.05) is 27.2 Å². The number of nitrogens with zero attached hydrogens (tertiary/aromatic N) is 4. The van der Waals surface area contributed by atoms with Crippen LogP contribution < -0.4 is 21.3 Å². The second-order valence-corrected chi connectivity index (χ2v) is 4.31. The van der Waals surface area contributed by atoms with Crippen LogP contribution in [0.25, 0.3) is 11.0 Å². The van der Waals surface area contributed by atoms with Gasteiger partial charge in [-0.05, 0) is 0 Å². The van der Waals surface area contributed by atoms with Gasteiger partial charge in [0.15, 0.2) is 11.6 Å². The van der Waals surface area contributed by atoms with E-state index in [0.717, 1.165) is 0 Å². The largest absolute Gasteiger partial charge is 0.395 e. The highest BCUT2D eigenvalue weighted by Crippen LogP contribution is 2.26. The van der Waals surface area contributed by atoms with Crippen molar-refractivity contribution in [3.8, 4) is 0 Å². The molecule has 0 amide bonds. The van der Waals surface area contributed by atoms with E-state index in [9.17, 15) is 0 Å². The van der Waals surface area contributed by atoms with E-state index in [4.69, 9.17) is 5.11 Å². The lowest BCUT2D eigenvalue weighted by Crippen LogP contribution is -2.12. The molecule has 0 unspecified atom stereocenters.